The van der Waals surface area contributed by atoms with E-state index in [-0.39, 0.29) is 0 Å². The predicted molar refractivity (Wildman–Crippen MR) is 89.0 cm³/mol. The van der Waals surface area contributed by atoms with Crippen LogP contribution in [0.2, 0.25) is 0 Å². The number of hydrogen-bond donors (Lipinski definition) is 2. The van der Waals surface area contributed by atoms with E-state index in [2.05, 4.69) is 32.4 Å². The largest absolute Gasteiger partial charge is 0.360 e. The molecule has 0 bridgehead atoms. The van der Waals surface area contributed by atoms with Gasteiger partial charge in [-0.15, -0.1) is 0 Å². The molecule has 2 heterocycles. The lowest BCUT2D eigenvalue weighted by atomic mass is 10.1. The van der Waals surface area contributed by atoms with E-state index in [0.717, 1.165) is 27.8 Å². The zero-order chi connectivity index (χ0) is 14.8. The van der Waals surface area contributed by atoms with Crippen LogP contribution in [0.3, 0.4) is 0 Å². The zero-order valence-corrected chi connectivity index (χ0v) is 11.8. The second kappa shape index (κ2) is 5.33. The number of hydrogen-bond acceptors (Lipinski definition) is 3. The third kappa shape index (κ3) is 2.31. The Hall–Kier alpha value is -3.14. The standard InChI is InChI=1S/C18H14N4/c1-2-6-13(7-3-1)21-18-19-11-10-17(22-18)15-12-20-16-9-5-4-8-14(15)16/h1-12,20H,(H,19,21,22). The Morgan fingerprint density at radius 1 is 0.864 bits per heavy atom. The SMILES string of the molecule is c1ccc(Nc2nccc(-c3c[nH]c4ccccc34)n2)cc1. The summed E-state index contributed by atoms with van der Waals surface area (Å²) in [5.74, 6) is 0.592. The van der Waals surface area contributed by atoms with Crippen molar-refractivity contribution in [1.82, 2.24) is 15.0 Å². The lowest BCUT2D eigenvalue weighted by Gasteiger charge is -2.06. The van der Waals surface area contributed by atoms with Crippen molar-refractivity contribution in [2.45, 2.75) is 0 Å². The highest BCUT2D eigenvalue weighted by atomic mass is 15.1. The highest BCUT2D eigenvalue weighted by molar-refractivity contribution is 5.94. The third-order valence-electron chi connectivity index (χ3n) is 3.55. The van der Waals surface area contributed by atoms with Crippen LogP contribution in [0.4, 0.5) is 11.6 Å². The first-order valence-corrected chi connectivity index (χ1v) is 7.12. The molecule has 2 aromatic carbocycles. The number of aromatic amines is 1. The first-order chi connectivity index (χ1) is 10.9. The minimum Gasteiger partial charge on any atom is -0.360 e. The summed E-state index contributed by atoms with van der Waals surface area (Å²) < 4.78 is 0. The molecule has 0 saturated carbocycles. The number of rotatable bonds is 3. The molecule has 22 heavy (non-hydrogen) atoms. The van der Waals surface area contributed by atoms with Crippen LogP contribution in [0.1, 0.15) is 0 Å². The fourth-order valence-electron chi connectivity index (χ4n) is 2.50. The Morgan fingerprint density at radius 3 is 2.59 bits per heavy atom. The molecule has 0 aliphatic carbocycles. The van der Waals surface area contributed by atoms with Crippen molar-refractivity contribution in [2.75, 3.05) is 5.32 Å². The summed E-state index contributed by atoms with van der Waals surface area (Å²) in [6.45, 7) is 0. The summed E-state index contributed by atoms with van der Waals surface area (Å²) in [4.78, 5) is 12.2. The highest BCUT2D eigenvalue weighted by Crippen LogP contribution is 2.27. The van der Waals surface area contributed by atoms with E-state index in [1.165, 1.54) is 0 Å². The van der Waals surface area contributed by atoms with Gasteiger partial charge in [-0.1, -0.05) is 36.4 Å². The van der Waals surface area contributed by atoms with Crippen molar-refractivity contribution >= 4 is 22.5 Å². The maximum atomic E-state index is 4.62. The van der Waals surface area contributed by atoms with Crippen LogP contribution >= 0.6 is 0 Å². The summed E-state index contributed by atoms with van der Waals surface area (Å²) in [5.41, 5.74) is 4.05. The van der Waals surface area contributed by atoms with Crippen molar-refractivity contribution < 1.29 is 0 Å². The zero-order valence-electron chi connectivity index (χ0n) is 11.8. The molecule has 0 aliphatic rings. The van der Waals surface area contributed by atoms with Gasteiger partial charge in [0.05, 0.1) is 5.69 Å². The van der Waals surface area contributed by atoms with Crippen LogP contribution < -0.4 is 5.32 Å². The molecule has 0 saturated heterocycles. The normalized spacial score (nSPS) is 10.7. The first-order valence-electron chi connectivity index (χ1n) is 7.12. The molecule has 4 aromatic rings. The summed E-state index contributed by atoms with van der Waals surface area (Å²) >= 11 is 0. The van der Waals surface area contributed by atoms with E-state index < -0.39 is 0 Å². The van der Waals surface area contributed by atoms with Crippen molar-refractivity contribution in [3.63, 3.8) is 0 Å². The minimum atomic E-state index is 0.592. The van der Waals surface area contributed by atoms with Crippen LogP contribution in [-0.4, -0.2) is 15.0 Å². The van der Waals surface area contributed by atoms with E-state index >= 15 is 0 Å². The number of fused-ring (bicyclic) bond motifs is 1. The van der Waals surface area contributed by atoms with E-state index in [4.69, 9.17) is 0 Å². The van der Waals surface area contributed by atoms with Crippen molar-refractivity contribution in [3.8, 4) is 11.3 Å². The smallest absolute Gasteiger partial charge is 0.227 e. The van der Waals surface area contributed by atoms with Gasteiger partial charge in [-0.05, 0) is 24.3 Å². The van der Waals surface area contributed by atoms with Crippen LogP contribution in [0.5, 0.6) is 0 Å². The van der Waals surface area contributed by atoms with Crippen LogP contribution in [0, 0.1) is 0 Å². The second-order valence-electron chi connectivity index (χ2n) is 5.00. The van der Waals surface area contributed by atoms with Gasteiger partial charge in [0.15, 0.2) is 0 Å². The fraction of sp³-hybridized carbons (Fsp3) is 0. The minimum absolute atomic E-state index is 0.592. The number of aromatic nitrogens is 3. The van der Waals surface area contributed by atoms with Crippen molar-refractivity contribution in [3.05, 3.63) is 73.1 Å². The van der Waals surface area contributed by atoms with E-state index in [9.17, 15) is 0 Å². The molecule has 4 nitrogen and oxygen atoms in total. The molecule has 106 valence electrons. The maximum absolute atomic E-state index is 4.62. The molecule has 4 rings (SSSR count). The van der Waals surface area contributed by atoms with Gasteiger partial charge in [-0.2, -0.15) is 0 Å². The van der Waals surface area contributed by atoms with Gasteiger partial charge < -0.3 is 10.3 Å². The number of benzene rings is 2. The summed E-state index contributed by atoms with van der Waals surface area (Å²) in [6.07, 6.45) is 3.76. The Kier molecular flexibility index (Phi) is 3.05. The third-order valence-corrected chi connectivity index (χ3v) is 3.55. The van der Waals surface area contributed by atoms with Gasteiger partial charge in [-0.3, -0.25) is 0 Å². The Bertz CT molecular complexity index is 912. The van der Waals surface area contributed by atoms with Gasteiger partial charge >= 0.3 is 0 Å². The van der Waals surface area contributed by atoms with E-state index in [1.54, 1.807) is 6.20 Å². The molecular weight excluding hydrogens is 272 g/mol. The van der Waals surface area contributed by atoms with Gasteiger partial charge in [0.2, 0.25) is 5.95 Å². The molecule has 0 spiro atoms. The number of anilines is 2. The number of para-hydroxylation sites is 2. The molecule has 2 N–H and O–H groups in total. The molecule has 2 aromatic heterocycles. The fourth-order valence-corrected chi connectivity index (χ4v) is 2.50. The van der Waals surface area contributed by atoms with E-state index in [0.29, 0.717) is 5.95 Å². The lowest BCUT2D eigenvalue weighted by Crippen LogP contribution is -1.97. The first kappa shape index (κ1) is 12.6. The van der Waals surface area contributed by atoms with Crippen molar-refractivity contribution in [2.24, 2.45) is 0 Å². The van der Waals surface area contributed by atoms with Crippen LogP contribution in [-0.2, 0) is 0 Å². The monoisotopic (exact) mass is 286 g/mol. The molecule has 0 unspecified atom stereocenters. The number of H-pyrrole nitrogens is 1. The molecule has 0 radical (unpaired) electrons. The van der Waals surface area contributed by atoms with Gasteiger partial charge in [0.1, 0.15) is 0 Å². The molecule has 0 atom stereocenters. The quantitative estimate of drug-likeness (QED) is 0.588. The molecule has 0 amide bonds. The molecular formula is C18H14N4. The molecule has 0 aliphatic heterocycles. The topological polar surface area (TPSA) is 53.6 Å². The Labute approximate surface area is 127 Å². The number of nitrogens with one attached hydrogen (secondary N) is 2. The van der Waals surface area contributed by atoms with Gasteiger partial charge in [0.25, 0.3) is 0 Å². The van der Waals surface area contributed by atoms with Gasteiger partial charge in [-0.25, -0.2) is 9.97 Å². The average Bonchev–Trinajstić information content (AvgIpc) is 3.00. The van der Waals surface area contributed by atoms with Crippen molar-refractivity contribution in [1.29, 1.82) is 0 Å². The molecule has 0 fully saturated rings. The predicted octanol–water partition coefficient (Wildman–Crippen LogP) is 4.37. The lowest BCUT2D eigenvalue weighted by molar-refractivity contribution is 1.17. The summed E-state index contributed by atoms with van der Waals surface area (Å²) in [7, 11) is 0. The maximum Gasteiger partial charge on any atom is 0.227 e. The Morgan fingerprint density at radius 2 is 1.68 bits per heavy atom. The highest BCUT2D eigenvalue weighted by Gasteiger charge is 2.08. The molecule has 4 heteroatoms. The average molecular weight is 286 g/mol. The van der Waals surface area contributed by atoms with Crippen LogP contribution in [0.15, 0.2) is 73.1 Å². The number of nitrogens with zero attached hydrogens (tertiary/aromatic N) is 2. The summed E-state index contributed by atoms with van der Waals surface area (Å²) in [6, 6.07) is 20.0. The Balaban J connectivity index is 1.73. The second-order valence-corrected chi connectivity index (χ2v) is 5.00. The van der Waals surface area contributed by atoms with Crippen LogP contribution in [0.25, 0.3) is 22.2 Å². The van der Waals surface area contributed by atoms with Gasteiger partial charge in [0, 0.05) is 34.5 Å². The summed E-state index contributed by atoms with van der Waals surface area (Å²) in [5, 5.41) is 4.38. The van der Waals surface area contributed by atoms with E-state index in [1.807, 2.05) is 54.7 Å².